The topological polar surface area (TPSA) is 44.4 Å². The van der Waals surface area contributed by atoms with E-state index in [2.05, 4.69) is 43.5 Å². The molecule has 1 amide bonds. The van der Waals surface area contributed by atoms with Crippen LogP contribution < -0.4 is 10.6 Å². The minimum Gasteiger partial charge on any atom is -0.350 e. The largest absolute Gasteiger partial charge is 0.350 e. The molecule has 1 aliphatic heterocycles. The van der Waals surface area contributed by atoms with Gasteiger partial charge in [0.15, 0.2) is 5.11 Å². The highest BCUT2D eigenvalue weighted by Crippen LogP contribution is 2.34. The molecule has 1 fully saturated rings. The van der Waals surface area contributed by atoms with Gasteiger partial charge in [0, 0.05) is 12.2 Å². The van der Waals surface area contributed by atoms with E-state index in [9.17, 15) is 4.79 Å². The Morgan fingerprint density at radius 1 is 1.07 bits per heavy atom. The van der Waals surface area contributed by atoms with E-state index in [0.717, 1.165) is 25.1 Å². The molecule has 2 atom stereocenters. The van der Waals surface area contributed by atoms with Crippen LogP contribution in [0.3, 0.4) is 0 Å². The van der Waals surface area contributed by atoms with Gasteiger partial charge in [-0.15, -0.1) is 0 Å². The summed E-state index contributed by atoms with van der Waals surface area (Å²) >= 11 is 5.51. The fourth-order valence-corrected chi connectivity index (χ4v) is 3.92. The highest BCUT2D eigenvalue weighted by atomic mass is 32.1. The predicted octanol–water partition coefficient (Wildman–Crippen LogP) is 4.75. The van der Waals surface area contributed by atoms with E-state index in [1.165, 1.54) is 5.56 Å². The maximum absolute atomic E-state index is 13.5. The van der Waals surface area contributed by atoms with Crippen LogP contribution in [0, 0.1) is 5.41 Å². The van der Waals surface area contributed by atoms with Crippen LogP contribution >= 0.6 is 12.2 Å². The van der Waals surface area contributed by atoms with Crippen molar-refractivity contribution in [2.24, 2.45) is 5.41 Å². The van der Waals surface area contributed by atoms with Crippen LogP contribution in [-0.2, 0) is 4.79 Å². The van der Waals surface area contributed by atoms with E-state index < -0.39 is 6.04 Å². The second-order valence-corrected chi connectivity index (χ2v) is 8.77. The van der Waals surface area contributed by atoms with Gasteiger partial charge in [0.1, 0.15) is 6.04 Å². The van der Waals surface area contributed by atoms with Crippen LogP contribution in [-0.4, -0.2) is 28.5 Å². The molecule has 1 aliphatic rings. The van der Waals surface area contributed by atoms with Crippen LogP contribution in [0.5, 0.6) is 0 Å². The van der Waals surface area contributed by atoms with Crippen molar-refractivity contribution < 1.29 is 4.79 Å². The van der Waals surface area contributed by atoms with Gasteiger partial charge >= 0.3 is 0 Å². The molecule has 0 spiro atoms. The van der Waals surface area contributed by atoms with Crippen molar-refractivity contribution in [3.05, 3.63) is 66.2 Å². The van der Waals surface area contributed by atoms with Crippen LogP contribution in [0.2, 0.25) is 0 Å². The minimum atomic E-state index is -0.402. The lowest BCUT2D eigenvalue weighted by Crippen LogP contribution is -2.55. The van der Waals surface area contributed by atoms with Crippen molar-refractivity contribution in [2.45, 2.75) is 45.7 Å². The standard InChI is InChI=1S/C23H29N3OS/c1-23(2,3)20(25-22(28)24-18-13-8-5-9-14-18)21(27)26-16-10-15-19(26)17-11-6-4-7-12-17/h4-9,11-14,19-20H,10,15-16H2,1-3H3,(H2,24,25,28)/t19-,20?/m1/s1. The van der Waals surface area contributed by atoms with Crippen molar-refractivity contribution in [3.63, 3.8) is 0 Å². The number of hydrogen-bond donors (Lipinski definition) is 2. The van der Waals surface area contributed by atoms with Crippen molar-refractivity contribution in [2.75, 3.05) is 11.9 Å². The Bertz CT molecular complexity index is 802. The first kappa shape index (κ1) is 20.3. The Morgan fingerprint density at radius 2 is 1.68 bits per heavy atom. The zero-order valence-electron chi connectivity index (χ0n) is 16.8. The smallest absolute Gasteiger partial charge is 0.246 e. The van der Waals surface area contributed by atoms with Crippen LogP contribution in [0.25, 0.3) is 0 Å². The molecule has 28 heavy (non-hydrogen) atoms. The average Bonchev–Trinajstić information content (AvgIpc) is 3.16. The molecule has 5 heteroatoms. The molecule has 3 rings (SSSR count). The summed E-state index contributed by atoms with van der Waals surface area (Å²) in [5.74, 6) is 0.107. The summed E-state index contributed by atoms with van der Waals surface area (Å²) in [7, 11) is 0. The number of amides is 1. The molecular weight excluding hydrogens is 366 g/mol. The number of benzene rings is 2. The SMILES string of the molecule is CC(C)(C)C(NC(=S)Nc1ccccc1)C(=O)N1CCC[C@@H]1c1ccccc1. The monoisotopic (exact) mass is 395 g/mol. The van der Waals surface area contributed by atoms with Crippen molar-refractivity contribution in [3.8, 4) is 0 Å². The van der Waals surface area contributed by atoms with E-state index in [1.54, 1.807) is 0 Å². The second-order valence-electron chi connectivity index (χ2n) is 8.36. The molecule has 2 N–H and O–H groups in total. The molecule has 2 aromatic carbocycles. The van der Waals surface area contributed by atoms with Gasteiger partial charge in [-0.2, -0.15) is 0 Å². The third kappa shape index (κ3) is 4.90. The normalized spacial score (nSPS) is 17.8. The Morgan fingerprint density at radius 3 is 2.29 bits per heavy atom. The third-order valence-corrected chi connectivity index (χ3v) is 5.36. The molecule has 0 aliphatic carbocycles. The average molecular weight is 396 g/mol. The minimum absolute atomic E-state index is 0.107. The highest BCUT2D eigenvalue weighted by molar-refractivity contribution is 7.80. The summed E-state index contributed by atoms with van der Waals surface area (Å²) in [5.41, 5.74) is 1.83. The van der Waals surface area contributed by atoms with E-state index in [0.29, 0.717) is 5.11 Å². The number of rotatable bonds is 4. The van der Waals surface area contributed by atoms with Crippen LogP contribution in [0.1, 0.15) is 45.2 Å². The summed E-state index contributed by atoms with van der Waals surface area (Å²) in [6.45, 7) is 7.00. The lowest BCUT2D eigenvalue weighted by atomic mass is 9.85. The number of anilines is 1. The third-order valence-electron chi connectivity index (χ3n) is 5.14. The molecule has 1 heterocycles. The molecule has 0 bridgehead atoms. The summed E-state index contributed by atoms with van der Waals surface area (Å²) < 4.78 is 0. The van der Waals surface area contributed by atoms with Gasteiger partial charge in [-0.25, -0.2) is 0 Å². The number of carbonyl (C=O) groups excluding carboxylic acids is 1. The fourth-order valence-electron chi connectivity index (χ4n) is 3.69. The van der Waals surface area contributed by atoms with Crippen LogP contribution in [0.4, 0.5) is 5.69 Å². The molecule has 2 aromatic rings. The van der Waals surface area contributed by atoms with Crippen LogP contribution in [0.15, 0.2) is 60.7 Å². The zero-order valence-corrected chi connectivity index (χ0v) is 17.6. The second kappa shape index (κ2) is 8.74. The quantitative estimate of drug-likeness (QED) is 0.733. The van der Waals surface area contributed by atoms with Gasteiger partial charge in [0.2, 0.25) is 5.91 Å². The Labute approximate surface area is 173 Å². The van der Waals surface area contributed by atoms with E-state index in [-0.39, 0.29) is 17.4 Å². The first-order chi connectivity index (χ1) is 13.4. The maximum Gasteiger partial charge on any atom is 0.246 e. The molecule has 1 unspecified atom stereocenters. The number of nitrogens with one attached hydrogen (secondary N) is 2. The van der Waals surface area contributed by atoms with E-state index >= 15 is 0 Å². The molecular formula is C23H29N3OS. The number of carbonyl (C=O) groups is 1. The fraction of sp³-hybridized carbons (Fsp3) is 0.391. The van der Waals surface area contributed by atoms with Gasteiger partial charge in [0.05, 0.1) is 6.04 Å². The Kier molecular flexibility index (Phi) is 6.35. The molecule has 1 saturated heterocycles. The van der Waals surface area contributed by atoms with Crippen molar-refractivity contribution in [1.82, 2.24) is 10.2 Å². The number of likely N-dealkylation sites (tertiary alicyclic amines) is 1. The van der Waals surface area contributed by atoms with Crippen molar-refractivity contribution in [1.29, 1.82) is 0 Å². The predicted molar refractivity (Wildman–Crippen MR) is 119 cm³/mol. The Balaban J connectivity index is 1.75. The zero-order chi connectivity index (χ0) is 20.1. The lowest BCUT2D eigenvalue weighted by Gasteiger charge is -2.36. The molecule has 148 valence electrons. The summed E-state index contributed by atoms with van der Waals surface area (Å²) in [5, 5.41) is 6.93. The number of hydrogen-bond acceptors (Lipinski definition) is 2. The summed E-state index contributed by atoms with van der Waals surface area (Å²) in [6.07, 6.45) is 2.02. The molecule has 0 radical (unpaired) electrons. The van der Waals surface area contributed by atoms with Crippen molar-refractivity contribution >= 4 is 28.9 Å². The summed E-state index contributed by atoms with van der Waals surface area (Å²) in [4.78, 5) is 15.6. The lowest BCUT2D eigenvalue weighted by molar-refractivity contribution is -0.136. The maximum atomic E-state index is 13.5. The van der Waals surface area contributed by atoms with Gasteiger partial charge in [-0.1, -0.05) is 69.3 Å². The first-order valence-electron chi connectivity index (χ1n) is 9.84. The summed E-state index contributed by atoms with van der Waals surface area (Å²) in [6, 6.07) is 19.8. The van der Waals surface area contributed by atoms with E-state index in [4.69, 9.17) is 12.2 Å². The van der Waals surface area contributed by atoms with Gasteiger partial charge in [-0.3, -0.25) is 4.79 Å². The Hall–Kier alpha value is -2.40. The van der Waals surface area contributed by atoms with Gasteiger partial charge in [-0.05, 0) is 48.2 Å². The molecule has 0 saturated carbocycles. The number of nitrogens with zero attached hydrogens (tertiary/aromatic N) is 1. The molecule has 4 nitrogen and oxygen atoms in total. The van der Waals surface area contributed by atoms with Gasteiger partial charge < -0.3 is 15.5 Å². The molecule has 0 aromatic heterocycles. The number of para-hydroxylation sites is 1. The first-order valence-corrected chi connectivity index (χ1v) is 10.2. The number of thiocarbonyl (C=S) groups is 1. The van der Waals surface area contributed by atoms with Gasteiger partial charge in [0.25, 0.3) is 0 Å². The van der Waals surface area contributed by atoms with E-state index in [1.807, 2.05) is 53.4 Å². The highest BCUT2D eigenvalue weighted by Gasteiger charge is 2.39.